The highest BCUT2D eigenvalue weighted by Crippen LogP contribution is 2.26. The van der Waals surface area contributed by atoms with Crippen LogP contribution in [0.5, 0.6) is 0 Å². The van der Waals surface area contributed by atoms with Gasteiger partial charge in [-0.1, -0.05) is 30.3 Å². The van der Waals surface area contributed by atoms with Crippen LogP contribution in [-0.2, 0) is 0 Å². The molecule has 1 amide bonds. The van der Waals surface area contributed by atoms with Crippen LogP contribution in [0.15, 0.2) is 36.4 Å². The van der Waals surface area contributed by atoms with E-state index in [9.17, 15) is 4.79 Å². The second kappa shape index (κ2) is 7.86. The summed E-state index contributed by atoms with van der Waals surface area (Å²) in [5.41, 5.74) is 4.29. The molecule has 5 heteroatoms. The Morgan fingerprint density at radius 1 is 1.12 bits per heavy atom. The van der Waals surface area contributed by atoms with Crippen LogP contribution in [0.4, 0.5) is 0 Å². The number of carbonyl (C=O) groups excluding carboxylic acids is 1. The number of halogens is 1. The second-order valence-corrected chi connectivity index (χ2v) is 6.28. The van der Waals surface area contributed by atoms with Crippen LogP contribution in [0.3, 0.4) is 0 Å². The molecule has 1 atom stereocenters. The van der Waals surface area contributed by atoms with Crippen molar-refractivity contribution in [3.8, 4) is 0 Å². The van der Waals surface area contributed by atoms with Crippen LogP contribution >= 0.6 is 12.4 Å². The number of carbonyl (C=O) groups is 1. The molecule has 0 spiro atoms. The standard InChI is InChI=1S/C19H25N3O.ClH/c1-14-13-18(19(23)21-11-9-20-10-12-21)16(3)22(14)15(2)17-7-5-4-6-8-17;/h4-8,13,15,20H,9-12H2,1-3H3;1H. The predicted octanol–water partition coefficient (Wildman–Crippen LogP) is 3.18. The van der Waals surface area contributed by atoms with Gasteiger partial charge in [0.2, 0.25) is 0 Å². The topological polar surface area (TPSA) is 37.3 Å². The van der Waals surface area contributed by atoms with E-state index in [-0.39, 0.29) is 24.4 Å². The lowest BCUT2D eigenvalue weighted by atomic mass is 10.1. The third-order valence-corrected chi connectivity index (χ3v) is 4.79. The molecule has 1 aromatic heterocycles. The zero-order valence-corrected chi connectivity index (χ0v) is 15.4. The van der Waals surface area contributed by atoms with Crippen LogP contribution in [0.2, 0.25) is 0 Å². The Hall–Kier alpha value is -1.78. The molecular formula is C19H26ClN3O. The minimum Gasteiger partial charge on any atom is -0.341 e. The van der Waals surface area contributed by atoms with Gasteiger partial charge in [-0.2, -0.15) is 0 Å². The first-order valence-electron chi connectivity index (χ1n) is 8.33. The first-order valence-corrected chi connectivity index (χ1v) is 8.33. The Labute approximate surface area is 150 Å². The molecule has 0 bridgehead atoms. The Bertz CT molecular complexity index is 690. The smallest absolute Gasteiger partial charge is 0.255 e. The van der Waals surface area contributed by atoms with Crippen molar-refractivity contribution in [3.05, 3.63) is 58.9 Å². The van der Waals surface area contributed by atoms with Crippen molar-refractivity contribution in [2.24, 2.45) is 0 Å². The Balaban J connectivity index is 0.00000208. The van der Waals surface area contributed by atoms with Gasteiger partial charge in [-0.15, -0.1) is 12.4 Å². The maximum atomic E-state index is 12.8. The number of hydrogen-bond donors (Lipinski definition) is 1. The fourth-order valence-corrected chi connectivity index (χ4v) is 3.51. The maximum absolute atomic E-state index is 12.8. The summed E-state index contributed by atoms with van der Waals surface area (Å²) in [6, 6.07) is 12.7. The maximum Gasteiger partial charge on any atom is 0.255 e. The largest absolute Gasteiger partial charge is 0.341 e. The first-order chi connectivity index (χ1) is 11.1. The van der Waals surface area contributed by atoms with Gasteiger partial charge in [-0.25, -0.2) is 0 Å². The molecule has 1 unspecified atom stereocenters. The lowest BCUT2D eigenvalue weighted by Gasteiger charge is -2.27. The highest BCUT2D eigenvalue weighted by molar-refractivity contribution is 5.95. The summed E-state index contributed by atoms with van der Waals surface area (Å²) in [7, 11) is 0. The summed E-state index contributed by atoms with van der Waals surface area (Å²) in [6.45, 7) is 9.67. The van der Waals surface area contributed by atoms with E-state index in [0.29, 0.717) is 0 Å². The third-order valence-electron chi connectivity index (χ3n) is 4.79. The number of nitrogens with zero attached hydrogens (tertiary/aromatic N) is 2. The minimum absolute atomic E-state index is 0. The van der Waals surface area contributed by atoms with Gasteiger partial charge in [0.25, 0.3) is 5.91 Å². The molecule has 1 aliphatic rings. The van der Waals surface area contributed by atoms with E-state index < -0.39 is 0 Å². The first kappa shape index (κ1) is 18.6. The molecule has 2 heterocycles. The van der Waals surface area contributed by atoms with E-state index in [1.165, 1.54) is 5.56 Å². The molecule has 0 radical (unpaired) electrons. The highest BCUT2D eigenvalue weighted by atomic mass is 35.5. The fourth-order valence-electron chi connectivity index (χ4n) is 3.51. The van der Waals surface area contributed by atoms with Crippen LogP contribution < -0.4 is 5.32 Å². The molecule has 4 nitrogen and oxygen atoms in total. The molecular weight excluding hydrogens is 322 g/mol. The lowest BCUT2D eigenvalue weighted by Crippen LogP contribution is -2.46. The summed E-state index contributed by atoms with van der Waals surface area (Å²) in [5, 5.41) is 3.29. The minimum atomic E-state index is 0. The Kier molecular flexibility index (Phi) is 6.08. The number of nitrogens with one attached hydrogen (secondary N) is 1. The normalized spacial score (nSPS) is 15.7. The van der Waals surface area contributed by atoms with Gasteiger partial charge in [-0.3, -0.25) is 4.79 Å². The SMILES string of the molecule is Cc1cc(C(=O)N2CCNCC2)c(C)n1C(C)c1ccccc1.Cl. The van der Waals surface area contributed by atoms with Gasteiger partial charge in [0, 0.05) is 37.6 Å². The van der Waals surface area contributed by atoms with Crippen LogP contribution in [0.25, 0.3) is 0 Å². The van der Waals surface area contributed by atoms with Gasteiger partial charge in [0.1, 0.15) is 0 Å². The van der Waals surface area contributed by atoms with Gasteiger partial charge < -0.3 is 14.8 Å². The molecule has 24 heavy (non-hydrogen) atoms. The summed E-state index contributed by atoms with van der Waals surface area (Å²) in [4.78, 5) is 14.8. The van der Waals surface area contributed by atoms with E-state index in [4.69, 9.17) is 0 Å². The third kappa shape index (κ3) is 3.50. The summed E-state index contributed by atoms with van der Waals surface area (Å²) >= 11 is 0. The van der Waals surface area contributed by atoms with Crippen molar-refractivity contribution in [2.75, 3.05) is 26.2 Å². The summed E-state index contributed by atoms with van der Waals surface area (Å²) in [5.74, 6) is 0.158. The number of hydrogen-bond acceptors (Lipinski definition) is 2. The average Bonchev–Trinajstić information content (AvgIpc) is 2.89. The Morgan fingerprint density at radius 3 is 2.38 bits per heavy atom. The zero-order valence-electron chi connectivity index (χ0n) is 14.6. The molecule has 1 aliphatic heterocycles. The monoisotopic (exact) mass is 347 g/mol. The van der Waals surface area contributed by atoms with Gasteiger partial charge in [0.05, 0.1) is 11.6 Å². The molecule has 1 saturated heterocycles. The number of rotatable bonds is 3. The van der Waals surface area contributed by atoms with Gasteiger partial charge >= 0.3 is 0 Å². The van der Waals surface area contributed by atoms with E-state index >= 15 is 0 Å². The molecule has 1 fully saturated rings. The molecule has 3 rings (SSSR count). The van der Waals surface area contributed by atoms with Crippen molar-refractivity contribution in [2.45, 2.75) is 26.8 Å². The van der Waals surface area contributed by atoms with E-state index in [1.807, 2.05) is 17.0 Å². The number of amides is 1. The lowest BCUT2D eigenvalue weighted by molar-refractivity contribution is 0.0735. The molecule has 0 saturated carbocycles. The summed E-state index contributed by atoms with van der Waals surface area (Å²) in [6.07, 6.45) is 0. The second-order valence-electron chi connectivity index (χ2n) is 6.28. The fraction of sp³-hybridized carbons (Fsp3) is 0.421. The van der Waals surface area contributed by atoms with E-state index in [0.717, 1.165) is 43.1 Å². The number of aromatic nitrogens is 1. The summed E-state index contributed by atoms with van der Waals surface area (Å²) < 4.78 is 2.27. The molecule has 1 N–H and O–H groups in total. The molecule has 1 aromatic carbocycles. The molecule has 0 aliphatic carbocycles. The van der Waals surface area contributed by atoms with Crippen molar-refractivity contribution in [1.82, 2.24) is 14.8 Å². The van der Waals surface area contributed by atoms with Gasteiger partial charge in [0.15, 0.2) is 0 Å². The zero-order chi connectivity index (χ0) is 16.4. The quantitative estimate of drug-likeness (QED) is 0.925. The molecule has 2 aromatic rings. The Morgan fingerprint density at radius 2 is 1.75 bits per heavy atom. The average molecular weight is 348 g/mol. The number of piperazine rings is 1. The molecule has 130 valence electrons. The van der Waals surface area contributed by atoms with Crippen molar-refractivity contribution >= 4 is 18.3 Å². The number of aryl methyl sites for hydroxylation is 1. The van der Waals surface area contributed by atoms with Crippen molar-refractivity contribution in [3.63, 3.8) is 0 Å². The van der Waals surface area contributed by atoms with E-state index in [1.54, 1.807) is 0 Å². The van der Waals surface area contributed by atoms with Crippen LogP contribution in [0.1, 0.15) is 40.3 Å². The highest BCUT2D eigenvalue weighted by Gasteiger charge is 2.24. The van der Waals surface area contributed by atoms with E-state index in [2.05, 4.69) is 54.9 Å². The van der Waals surface area contributed by atoms with Crippen LogP contribution in [-0.4, -0.2) is 41.6 Å². The van der Waals surface area contributed by atoms with Crippen molar-refractivity contribution in [1.29, 1.82) is 0 Å². The van der Waals surface area contributed by atoms with Crippen LogP contribution in [0, 0.1) is 13.8 Å². The van der Waals surface area contributed by atoms with Crippen molar-refractivity contribution < 1.29 is 4.79 Å². The predicted molar refractivity (Wildman–Crippen MR) is 100 cm³/mol. The number of benzene rings is 1. The van der Waals surface area contributed by atoms with Gasteiger partial charge in [-0.05, 0) is 32.4 Å².